The van der Waals surface area contributed by atoms with Crippen LogP contribution in [-0.2, 0) is 4.57 Å². The Morgan fingerprint density at radius 2 is 1.40 bits per heavy atom. The number of fused-ring (bicyclic) bond motifs is 1. The summed E-state index contributed by atoms with van der Waals surface area (Å²) in [5.41, 5.74) is 1.15. The minimum atomic E-state index is -4.58. The zero-order valence-electron chi connectivity index (χ0n) is 13.9. The van der Waals surface area contributed by atoms with E-state index in [1.165, 1.54) is 12.1 Å². The van der Waals surface area contributed by atoms with Crippen LogP contribution < -0.4 is 4.52 Å². The topological polar surface area (TPSA) is 83.8 Å². The summed E-state index contributed by atoms with van der Waals surface area (Å²) in [6.45, 7) is 0. The number of rotatable bonds is 4. The van der Waals surface area contributed by atoms with E-state index in [1.54, 1.807) is 48.5 Å². The van der Waals surface area contributed by atoms with Crippen molar-refractivity contribution in [2.45, 2.75) is 0 Å². The van der Waals surface area contributed by atoms with Crippen molar-refractivity contribution in [3.8, 4) is 5.75 Å². The number of benzene rings is 3. The van der Waals surface area contributed by atoms with Gasteiger partial charge in [-0.2, -0.15) is 0 Å². The molecule has 0 aliphatic rings. The van der Waals surface area contributed by atoms with Gasteiger partial charge in [-0.15, -0.1) is 0 Å². The van der Waals surface area contributed by atoms with Gasteiger partial charge < -0.3 is 4.52 Å². The Morgan fingerprint density at radius 1 is 0.800 bits per heavy atom. The normalized spacial score (nSPS) is 10.5. The van der Waals surface area contributed by atoms with Crippen LogP contribution in [0.4, 0.5) is 0 Å². The number of carbonyl (C=O) groups is 1. The molecule has 0 aromatic heterocycles. The van der Waals surface area contributed by atoms with Crippen LogP contribution in [0.1, 0.15) is 15.9 Å². The second-order valence-corrected chi connectivity index (χ2v) is 6.16. The molecule has 8 heteroatoms. The van der Waals surface area contributed by atoms with E-state index in [1.807, 2.05) is 6.07 Å². The van der Waals surface area contributed by atoms with Crippen molar-refractivity contribution in [2.75, 3.05) is 0 Å². The molecule has 0 heterocycles. The molecule has 118 valence electrons. The average molecular weight is 374 g/mol. The Bertz CT molecular complexity index is 925. The van der Waals surface area contributed by atoms with Gasteiger partial charge in [0.25, 0.3) is 0 Å². The molecule has 0 saturated heterocycles. The van der Waals surface area contributed by atoms with Gasteiger partial charge in [-0.25, -0.2) is 4.57 Å². The van der Waals surface area contributed by atoms with E-state index in [9.17, 15) is 9.36 Å². The smallest absolute Gasteiger partial charge is 0.404 e. The van der Waals surface area contributed by atoms with Crippen molar-refractivity contribution >= 4 is 83.5 Å². The molecule has 0 atom stereocenters. The molecule has 2 N–H and O–H groups in total. The molecule has 0 saturated carbocycles. The second-order valence-electron chi connectivity index (χ2n) is 5.00. The zero-order chi connectivity index (χ0) is 16.4. The Balaban J connectivity index is 0.00000156. The van der Waals surface area contributed by atoms with Gasteiger partial charge in [0.15, 0.2) is 5.78 Å². The third kappa shape index (κ3) is 6.04. The molecule has 0 unspecified atom stereocenters. The van der Waals surface area contributed by atoms with Crippen LogP contribution in [-0.4, -0.2) is 74.7 Å². The van der Waals surface area contributed by atoms with E-state index >= 15 is 0 Å². The van der Waals surface area contributed by atoms with Crippen LogP contribution in [0, 0.1) is 0 Å². The number of phosphoric acid groups is 1. The Morgan fingerprint density at radius 3 is 2.04 bits per heavy atom. The summed E-state index contributed by atoms with van der Waals surface area (Å²) in [7, 11) is -4.58. The van der Waals surface area contributed by atoms with Crippen molar-refractivity contribution in [3.05, 3.63) is 77.9 Å². The monoisotopic (exact) mass is 374 g/mol. The molecule has 2 radical (unpaired) electrons. The summed E-state index contributed by atoms with van der Waals surface area (Å²) >= 11 is 0. The Labute approximate surface area is 189 Å². The van der Waals surface area contributed by atoms with Gasteiger partial charge >= 0.3 is 7.82 Å². The summed E-state index contributed by atoms with van der Waals surface area (Å²) in [6.07, 6.45) is 0. The van der Waals surface area contributed by atoms with Gasteiger partial charge in [-0.05, 0) is 29.0 Å². The van der Waals surface area contributed by atoms with E-state index in [0.717, 1.165) is 10.8 Å². The summed E-state index contributed by atoms with van der Waals surface area (Å²) in [5.74, 6) is -0.00369. The maximum Gasteiger partial charge on any atom is 0.524 e. The third-order valence-corrected chi connectivity index (χ3v) is 3.78. The summed E-state index contributed by atoms with van der Waals surface area (Å²) in [4.78, 5) is 30.1. The van der Waals surface area contributed by atoms with Crippen LogP contribution in [0.25, 0.3) is 10.8 Å². The minimum Gasteiger partial charge on any atom is -0.404 e. The van der Waals surface area contributed by atoms with E-state index in [2.05, 4.69) is 4.52 Å². The second kappa shape index (κ2) is 9.47. The first-order valence-corrected chi connectivity index (χ1v) is 8.34. The largest absolute Gasteiger partial charge is 0.524 e. The number of phosphoric ester groups is 1. The fraction of sp³-hybridized carbons (Fsp3) is 0. The summed E-state index contributed by atoms with van der Waals surface area (Å²) in [6, 6.07) is 18.7. The summed E-state index contributed by atoms with van der Waals surface area (Å²) in [5, 5.41) is 1.51. The molecular formula is C17H13Na2O5P. The predicted octanol–water partition coefficient (Wildman–Crippen LogP) is 2.78. The van der Waals surface area contributed by atoms with E-state index in [0.29, 0.717) is 11.1 Å². The Kier molecular flexibility index (Phi) is 8.55. The van der Waals surface area contributed by atoms with Crippen molar-refractivity contribution in [2.24, 2.45) is 0 Å². The molecule has 3 aromatic rings. The van der Waals surface area contributed by atoms with Crippen molar-refractivity contribution in [1.82, 2.24) is 0 Å². The molecule has 3 rings (SSSR count). The van der Waals surface area contributed by atoms with Crippen LogP contribution in [0.3, 0.4) is 0 Å². The molecule has 5 nitrogen and oxygen atoms in total. The molecule has 0 aliphatic heterocycles. The molecule has 0 spiro atoms. The molecule has 0 fully saturated rings. The van der Waals surface area contributed by atoms with E-state index in [-0.39, 0.29) is 70.6 Å². The maximum atomic E-state index is 12.4. The fourth-order valence-electron chi connectivity index (χ4n) is 2.32. The van der Waals surface area contributed by atoms with Crippen LogP contribution in [0.5, 0.6) is 5.75 Å². The first-order chi connectivity index (χ1) is 10.9. The van der Waals surface area contributed by atoms with Gasteiger partial charge in [0.05, 0.1) is 0 Å². The predicted molar refractivity (Wildman–Crippen MR) is 98.0 cm³/mol. The molecule has 25 heavy (non-hydrogen) atoms. The SMILES string of the molecule is O=C(c1ccccc1)c1ccc2cc(OP(=O)(O)O)ccc2c1.[Na].[Na]. The molecule has 0 bridgehead atoms. The number of carbonyl (C=O) groups excluding carboxylic acids is 1. The quantitative estimate of drug-likeness (QED) is 0.417. The van der Waals surface area contributed by atoms with Crippen LogP contribution >= 0.6 is 7.82 Å². The summed E-state index contributed by atoms with van der Waals surface area (Å²) < 4.78 is 15.4. The minimum absolute atomic E-state index is 0. The standard InChI is InChI=1S/C17H13O5P.2Na/c18-17(12-4-2-1-3-5-12)15-7-6-14-11-16(22-23(19,20)21)9-8-13(14)10-15;;/h1-11H,(H2,19,20,21);;. The first-order valence-electron chi connectivity index (χ1n) is 6.81. The van der Waals surface area contributed by atoms with Crippen LogP contribution in [0.15, 0.2) is 66.7 Å². The molecule has 0 amide bonds. The fourth-order valence-corrected chi connectivity index (χ4v) is 2.70. The van der Waals surface area contributed by atoms with Gasteiger partial charge in [0.1, 0.15) is 5.75 Å². The molecular weight excluding hydrogens is 361 g/mol. The number of hydrogen-bond acceptors (Lipinski definition) is 3. The van der Waals surface area contributed by atoms with Gasteiger partial charge in [-0.1, -0.05) is 48.5 Å². The molecule has 0 aliphatic carbocycles. The van der Waals surface area contributed by atoms with Gasteiger partial charge in [-0.3, -0.25) is 14.6 Å². The van der Waals surface area contributed by atoms with E-state index < -0.39 is 7.82 Å². The Hall–Kier alpha value is -0.460. The average Bonchev–Trinajstić information content (AvgIpc) is 2.53. The van der Waals surface area contributed by atoms with Crippen LogP contribution in [0.2, 0.25) is 0 Å². The van der Waals surface area contributed by atoms with Crippen molar-refractivity contribution in [3.63, 3.8) is 0 Å². The maximum absolute atomic E-state index is 12.4. The molecule has 3 aromatic carbocycles. The number of hydrogen-bond donors (Lipinski definition) is 2. The number of ketones is 1. The van der Waals surface area contributed by atoms with E-state index in [4.69, 9.17) is 9.79 Å². The zero-order valence-corrected chi connectivity index (χ0v) is 18.8. The third-order valence-electron chi connectivity index (χ3n) is 3.33. The van der Waals surface area contributed by atoms with Gasteiger partial charge in [0.2, 0.25) is 0 Å². The van der Waals surface area contributed by atoms with Gasteiger partial charge in [0, 0.05) is 70.2 Å². The first kappa shape index (κ1) is 22.6. The van der Waals surface area contributed by atoms with Crippen molar-refractivity contribution in [1.29, 1.82) is 0 Å². The van der Waals surface area contributed by atoms with Crippen molar-refractivity contribution < 1.29 is 23.7 Å².